The van der Waals surface area contributed by atoms with Gasteiger partial charge in [0, 0.05) is 31.1 Å². The summed E-state index contributed by atoms with van der Waals surface area (Å²) in [5.41, 5.74) is 2.23. The first-order valence-electron chi connectivity index (χ1n) is 9.45. The molecule has 1 atom stereocenters. The Morgan fingerprint density at radius 3 is 2.48 bits per heavy atom. The zero-order chi connectivity index (χ0) is 17.4. The van der Waals surface area contributed by atoms with Crippen molar-refractivity contribution in [2.75, 3.05) is 18.4 Å². The number of hydrogen-bond donors (Lipinski definition) is 2. The Kier molecular flexibility index (Phi) is 4.28. The fraction of sp³-hybridized carbons (Fsp3) is 0.600. The average molecular weight is 341 g/mol. The Morgan fingerprint density at radius 2 is 1.88 bits per heavy atom. The second-order valence-corrected chi connectivity index (χ2v) is 7.93. The molecule has 2 N–H and O–H groups in total. The fourth-order valence-electron chi connectivity index (χ4n) is 4.20. The molecule has 2 aliphatic carbocycles. The van der Waals surface area contributed by atoms with Crippen LogP contribution in [-0.4, -0.2) is 35.8 Å². The number of carbonyl (C=O) groups excluding carboxylic acids is 2. The summed E-state index contributed by atoms with van der Waals surface area (Å²) in [5.74, 6) is 0.483. The molecule has 25 heavy (non-hydrogen) atoms. The van der Waals surface area contributed by atoms with Crippen LogP contribution in [0, 0.1) is 11.3 Å². The van der Waals surface area contributed by atoms with Crippen LogP contribution in [0.15, 0.2) is 24.3 Å². The number of hydrogen-bond acceptors (Lipinski definition) is 3. The van der Waals surface area contributed by atoms with Gasteiger partial charge >= 0.3 is 0 Å². The van der Waals surface area contributed by atoms with Gasteiger partial charge in [-0.25, -0.2) is 0 Å². The molecule has 5 heteroatoms. The maximum atomic E-state index is 12.5. The maximum absolute atomic E-state index is 12.5. The van der Waals surface area contributed by atoms with Crippen molar-refractivity contribution in [2.45, 2.75) is 51.6 Å². The standard InChI is InChI=1S/C20H27N3O2/c1-14(24)23(17-6-7-17)13-15-2-4-16(5-3-15)22-19(25)18-12-20(18)8-10-21-11-9-20/h2-5,17-18,21H,6-13H2,1H3,(H,22,25). The predicted molar refractivity (Wildman–Crippen MR) is 97.0 cm³/mol. The van der Waals surface area contributed by atoms with Crippen LogP contribution < -0.4 is 10.6 Å². The highest BCUT2D eigenvalue weighted by Crippen LogP contribution is 2.58. The molecule has 1 unspecified atom stereocenters. The molecule has 1 aliphatic heterocycles. The lowest BCUT2D eigenvalue weighted by Gasteiger charge is -2.23. The third-order valence-corrected chi connectivity index (χ3v) is 6.07. The monoisotopic (exact) mass is 341 g/mol. The smallest absolute Gasteiger partial charge is 0.228 e. The summed E-state index contributed by atoms with van der Waals surface area (Å²) in [6.07, 6.45) is 5.50. The lowest BCUT2D eigenvalue weighted by Crippen LogP contribution is -2.31. The summed E-state index contributed by atoms with van der Waals surface area (Å²) in [4.78, 5) is 26.2. The number of piperidine rings is 1. The second-order valence-electron chi connectivity index (χ2n) is 7.93. The Bertz CT molecular complexity index is 660. The molecule has 2 amide bonds. The summed E-state index contributed by atoms with van der Waals surface area (Å²) in [6.45, 7) is 4.37. The van der Waals surface area contributed by atoms with E-state index in [0.717, 1.165) is 56.4 Å². The summed E-state index contributed by atoms with van der Waals surface area (Å²) in [6, 6.07) is 8.36. The van der Waals surface area contributed by atoms with E-state index in [1.807, 2.05) is 29.2 Å². The highest BCUT2D eigenvalue weighted by atomic mass is 16.2. The number of nitrogens with one attached hydrogen (secondary N) is 2. The van der Waals surface area contributed by atoms with Crippen molar-refractivity contribution in [1.82, 2.24) is 10.2 Å². The molecule has 1 saturated heterocycles. The predicted octanol–water partition coefficient (Wildman–Crippen LogP) is 2.53. The molecular formula is C20H27N3O2. The van der Waals surface area contributed by atoms with Crippen molar-refractivity contribution in [1.29, 1.82) is 0 Å². The first kappa shape index (κ1) is 16.6. The summed E-state index contributed by atoms with van der Waals surface area (Å²) in [7, 11) is 0. The molecule has 5 nitrogen and oxygen atoms in total. The van der Waals surface area contributed by atoms with E-state index in [1.54, 1.807) is 6.92 Å². The van der Waals surface area contributed by atoms with Crippen LogP contribution in [0.2, 0.25) is 0 Å². The Hall–Kier alpha value is -1.88. The van der Waals surface area contributed by atoms with Crippen molar-refractivity contribution in [3.05, 3.63) is 29.8 Å². The van der Waals surface area contributed by atoms with Gasteiger partial charge in [-0.3, -0.25) is 9.59 Å². The Morgan fingerprint density at radius 1 is 1.20 bits per heavy atom. The van der Waals surface area contributed by atoms with Gasteiger partial charge in [0.25, 0.3) is 0 Å². The molecule has 1 aromatic carbocycles. The average Bonchev–Trinajstić information content (AvgIpc) is 3.52. The minimum Gasteiger partial charge on any atom is -0.336 e. The number of carbonyl (C=O) groups is 2. The van der Waals surface area contributed by atoms with Crippen LogP contribution in [-0.2, 0) is 16.1 Å². The molecule has 3 fully saturated rings. The molecule has 1 aromatic rings. The molecular weight excluding hydrogens is 314 g/mol. The van der Waals surface area contributed by atoms with Crippen molar-refractivity contribution >= 4 is 17.5 Å². The SMILES string of the molecule is CC(=O)N(Cc1ccc(NC(=O)C2CC23CCNCC3)cc1)C1CC1. The summed E-state index contributed by atoms with van der Waals surface area (Å²) < 4.78 is 0. The van der Waals surface area contributed by atoms with E-state index in [4.69, 9.17) is 0 Å². The Labute approximate surface area is 149 Å². The largest absolute Gasteiger partial charge is 0.336 e. The van der Waals surface area contributed by atoms with Gasteiger partial charge < -0.3 is 15.5 Å². The molecule has 3 aliphatic rings. The van der Waals surface area contributed by atoms with E-state index < -0.39 is 0 Å². The van der Waals surface area contributed by atoms with Gasteiger partial charge in [-0.05, 0) is 68.3 Å². The normalized spacial score (nSPS) is 24.0. The van der Waals surface area contributed by atoms with E-state index in [1.165, 1.54) is 0 Å². The van der Waals surface area contributed by atoms with E-state index in [0.29, 0.717) is 12.6 Å². The van der Waals surface area contributed by atoms with Gasteiger partial charge in [0.2, 0.25) is 11.8 Å². The maximum Gasteiger partial charge on any atom is 0.228 e. The number of anilines is 1. The topological polar surface area (TPSA) is 61.4 Å². The lowest BCUT2D eigenvalue weighted by molar-refractivity contribution is -0.130. The van der Waals surface area contributed by atoms with Crippen LogP contribution in [0.5, 0.6) is 0 Å². The van der Waals surface area contributed by atoms with E-state index in [2.05, 4.69) is 10.6 Å². The van der Waals surface area contributed by atoms with Crippen molar-refractivity contribution in [3.8, 4) is 0 Å². The van der Waals surface area contributed by atoms with Crippen molar-refractivity contribution < 1.29 is 9.59 Å². The fourth-order valence-corrected chi connectivity index (χ4v) is 4.20. The quantitative estimate of drug-likeness (QED) is 0.865. The van der Waals surface area contributed by atoms with Crippen LogP contribution in [0.1, 0.15) is 44.6 Å². The van der Waals surface area contributed by atoms with Crippen LogP contribution in [0.4, 0.5) is 5.69 Å². The highest BCUT2D eigenvalue weighted by molar-refractivity contribution is 5.95. The Balaban J connectivity index is 1.33. The molecule has 134 valence electrons. The van der Waals surface area contributed by atoms with Gasteiger partial charge in [0.15, 0.2) is 0 Å². The molecule has 2 saturated carbocycles. The minimum absolute atomic E-state index is 0.140. The van der Waals surface area contributed by atoms with Gasteiger partial charge in [-0.1, -0.05) is 12.1 Å². The van der Waals surface area contributed by atoms with Gasteiger partial charge in [0.05, 0.1) is 0 Å². The molecule has 4 rings (SSSR count). The first-order valence-corrected chi connectivity index (χ1v) is 9.45. The molecule has 0 radical (unpaired) electrons. The minimum atomic E-state index is 0.140. The van der Waals surface area contributed by atoms with E-state index in [9.17, 15) is 9.59 Å². The van der Waals surface area contributed by atoms with Crippen LogP contribution in [0.25, 0.3) is 0 Å². The van der Waals surface area contributed by atoms with Gasteiger partial charge in [-0.2, -0.15) is 0 Å². The second kappa shape index (κ2) is 6.45. The molecule has 1 heterocycles. The van der Waals surface area contributed by atoms with E-state index in [-0.39, 0.29) is 23.1 Å². The number of benzene rings is 1. The van der Waals surface area contributed by atoms with Crippen LogP contribution >= 0.6 is 0 Å². The van der Waals surface area contributed by atoms with Crippen molar-refractivity contribution in [3.63, 3.8) is 0 Å². The van der Waals surface area contributed by atoms with Gasteiger partial charge in [0.1, 0.15) is 0 Å². The zero-order valence-corrected chi connectivity index (χ0v) is 14.9. The van der Waals surface area contributed by atoms with E-state index >= 15 is 0 Å². The third kappa shape index (κ3) is 3.56. The summed E-state index contributed by atoms with van der Waals surface area (Å²) >= 11 is 0. The highest BCUT2D eigenvalue weighted by Gasteiger charge is 2.57. The number of rotatable bonds is 5. The first-order chi connectivity index (χ1) is 12.1. The third-order valence-electron chi connectivity index (χ3n) is 6.07. The molecule has 0 bridgehead atoms. The summed E-state index contributed by atoms with van der Waals surface area (Å²) in [5, 5.41) is 6.45. The van der Waals surface area contributed by atoms with Gasteiger partial charge in [-0.15, -0.1) is 0 Å². The molecule has 0 aromatic heterocycles. The van der Waals surface area contributed by atoms with Crippen LogP contribution in [0.3, 0.4) is 0 Å². The molecule has 1 spiro atoms. The number of amides is 2. The number of nitrogens with zero attached hydrogens (tertiary/aromatic N) is 1. The van der Waals surface area contributed by atoms with Crippen molar-refractivity contribution in [2.24, 2.45) is 11.3 Å². The lowest BCUT2D eigenvalue weighted by atomic mass is 9.92. The zero-order valence-electron chi connectivity index (χ0n) is 14.9.